The molecule has 0 aliphatic heterocycles. The van der Waals surface area contributed by atoms with Crippen LogP contribution in [0.4, 0.5) is 17.2 Å². The topological polar surface area (TPSA) is 60.2 Å². The van der Waals surface area contributed by atoms with Crippen molar-refractivity contribution >= 4 is 49.1 Å². The van der Waals surface area contributed by atoms with Crippen LogP contribution in [0.2, 0.25) is 0 Å². The number of ether oxygens (including phenoxy) is 1. The normalized spacial score (nSPS) is 10.3. The number of anilines is 3. The molecule has 4 nitrogen and oxygen atoms in total. The lowest BCUT2D eigenvalue weighted by molar-refractivity contribution is 0.307. The largest absolute Gasteiger partial charge is 0.476 e. The van der Waals surface area contributed by atoms with Gasteiger partial charge in [0.2, 0.25) is 5.88 Å². The average Bonchev–Trinajstić information content (AvgIpc) is 2.42. The van der Waals surface area contributed by atoms with Crippen molar-refractivity contribution in [3.05, 3.63) is 39.3 Å². The fourth-order valence-corrected chi connectivity index (χ4v) is 2.71. The highest BCUT2D eigenvalue weighted by Gasteiger charge is 2.06. The molecular weight excluding hydrogens is 386 g/mol. The van der Waals surface area contributed by atoms with E-state index in [1.165, 1.54) is 0 Å². The van der Waals surface area contributed by atoms with E-state index in [4.69, 9.17) is 10.5 Å². The first kappa shape index (κ1) is 15.1. The summed E-state index contributed by atoms with van der Waals surface area (Å²) in [6.07, 6.45) is 0.914. The van der Waals surface area contributed by atoms with E-state index in [1.807, 2.05) is 31.2 Å². The van der Waals surface area contributed by atoms with Gasteiger partial charge in [0, 0.05) is 8.95 Å². The zero-order valence-corrected chi connectivity index (χ0v) is 14.2. The Morgan fingerprint density at radius 3 is 2.75 bits per heavy atom. The fraction of sp³-hybridized carbons (Fsp3) is 0.214. The summed E-state index contributed by atoms with van der Waals surface area (Å²) < 4.78 is 7.47. The quantitative estimate of drug-likeness (QED) is 0.762. The van der Waals surface area contributed by atoms with E-state index in [1.54, 1.807) is 6.07 Å². The molecule has 0 atom stereocenters. The molecule has 0 unspecified atom stereocenters. The number of benzene rings is 1. The van der Waals surface area contributed by atoms with Gasteiger partial charge in [0.15, 0.2) is 0 Å². The van der Waals surface area contributed by atoms with Crippen molar-refractivity contribution in [2.45, 2.75) is 13.3 Å². The third-order valence-electron chi connectivity index (χ3n) is 2.53. The minimum absolute atomic E-state index is 0.463. The van der Waals surface area contributed by atoms with Gasteiger partial charge in [-0.05, 0) is 52.7 Å². The molecule has 0 saturated carbocycles. The SMILES string of the molecule is CCCOc1nc(Nc2ccc(Br)cc2Br)ccc1N. The Balaban J connectivity index is 2.20. The molecule has 0 radical (unpaired) electrons. The van der Waals surface area contributed by atoms with Gasteiger partial charge in [0.25, 0.3) is 0 Å². The predicted octanol–water partition coefficient (Wildman–Crippen LogP) is 4.72. The van der Waals surface area contributed by atoms with Crippen molar-refractivity contribution in [3.8, 4) is 5.88 Å². The molecule has 0 spiro atoms. The molecule has 1 aromatic carbocycles. The smallest absolute Gasteiger partial charge is 0.239 e. The average molecular weight is 401 g/mol. The first-order valence-corrected chi connectivity index (χ1v) is 7.80. The maximum Gasteiger partial charge on any atom is 0.239 e. The Morgan fingerprint density at radius 2 is 2.05 bits per heavy atom. The van der Waals surface area contributed by atoms with Gasteiger partial charge in [-0.1, -0.05) is 22.9 Å². The Labute approximate surface area is 135 Å². The summed E-state index contributed by atoms with van der Waals surface area (Å²) in [6.45, 7) is 2.64. The summed E-state index contributed by atoms with van der Waals surface area (Å²) in [4.78, 5) is 4.38. The van der Waals surface area contributed by atoms with Crippen molar-refractivity contribution in [2.75, 3.05) is 17.7 Å². The minimum Gasteiger partial charge on any atom is -0.476 e. The van der Waals surface area contributed by atoms with Crippen LogP contribution >= 0.6 is 31.9 Å². The van der Waals surface area contributed by atoms with Gasteiger partial charge in [-0.15, -0.1) is 0 Å². The number of nitrogen functional groups attached to an aromatic ring is 1. The number of hydrogen-bond acceptors (Lipinski definition) is 4. The molecule has 3 N–H and O–H groups in total. The Bertz CT molecular complexity index is 605. The van der Waals surface area contributed by atoms with E-state index >= 15 is 0 Å². The number of aromatic nitrogens is 1. The van der Waals surface area contributed by atoms with Gasteiger partial charge < -0.3 is 15.8 Å². The molecule has 0 aliphatic rings. The molecule has 1 heterocycles. The zero-order valence-electron chi connectivity index (χ0n) is 11.0. The summed E-state index contributed by atoms with van der Waals surface area (Å²) in [6, 6.07) is 9.49. The number of pyridine rings is 1. The highest BCUT2D eigenvalue weighted by molar-refractivity contribution is 9.11. The van der Waals surface area contributed by atoms with E-state index in [-0.39, 0.29) is 0 Å². The predicted molar refractivity (Wildman–Crippen MR) is 89.6 cm³/mol. The van der Waals surface area contributed by atoms with Gasteiger partial charge in [0.1, 0.15) is 5.82 Å². The maximum atomic E-state index is 5.84. The van der Waals surface area contributed by atoms with Crippen molar-refractivity contribution < 1.29 is 4.74 Å². The monoisotopic (exact) mass is 399 g/mol. The van der Waals surface area contributed by atoms with E-state index in [0.29, 0.717) is 24.0 Å². The summed E-state index contributed by atoms with van der Waals surface area (Å²) in [5.41, 5.74) is 7.31. The van der Waals surface area contributed by atoms with Gasteiger partial charge in [-0.25, -0.2) is 0 Å². The second kappa shape index (κ2) is 6.95. The first-order valence-electron chi connectivity index (χ1n) is 6.21. The van der Waals surface area contributed by atoms with Crippen molar-refractivity contribution in [1.29, 1.82) is 0 Å². The van der Waals surface area contributed by atoms with Crippen LogP contribution in [0.25, 0.3) is 0 Å². The number of nitrogens with two attached hydrogens (primary N) is 1. The number of rotatable bonds is 5. The van der Waals surface area contributed by atoms with E-state index in [0.717, 1.165) is 21.1 Å². The van der Waals surface area contributed by atoms with Gasteiger partial charge >= 0.3 is 0 Å². The molecular formula is C14H15Br2N3O. The molecule has 2 aromatic rings. The summed E-state index contributed by atoms with van der Waals surface area (Å²) in [5, 5.41) is 3.23. The molecule has 0 fully saturated rings. The summed E-state index contributed by atoms with van der Waals surface area (Å²) in [5.74, 6) is 1.15. The van der Waals surface area contributed by atoms with Crippen LogP contribution in [0.5, 0.6) is 5.88 Å². The number of nitrogens with zero attached hydrogens (tertiary/aromatic N) is 1. The molecule has 0 saturated heterocycles. The second-order valence-corrected chi connectivity index (χ2v) is 5.96. The van der Waals surface area contributed by atoms with Gasteiger partial charge in [-0.2, -0.15) is 4.98 Å². The van der Waals surface area contributed by atoms with Crippen LogP contribution in [0.15, 0.2) is 39.3 Å². The second-order valence-electron chi connectivity index (χ2n) is 4.19. The molecule has 0 amide bonds. The summed E-state index contributed by atoms with van der Waals surface area (Å²) in [7, 11) is 0. The van der Waals surface area contributed by atoms with E-state index in [9.17, 15) is 0 Å². The van der Waals surface area contributed by atoms with Crippen LogP contribution in [0.1, 0.15) is 13.3 Å². The van der Waals surface area contributed by atoms with E-state index < -0.39 is 0 Å². The number of nitrogens with one attached hydrogen (secondary N) is 1. The minimum atomic E-state index is 0.463. The molecule has 2 rings (SSSR count). The van der Waals surface area contributed by atoms with Crippen LogP contribution in [-0.2, 0) is 0 Å². The molecule has 1 aromatic heterocycles. The number of halogens is 2. The van der Waals surface area contributed by atoms with Gasteiger partial charge in [0.05, 0.1) is 18.0 Å². The Morgan fingerprint density at radius 1 is 1.25 bits per heavy atom. The van der Waals surface area contributed by atoms with Crippen LogP contribution in [-0.4, -0.2) is 11.6 Å². The molecule has 6 heteroatoms. The lowest BCUT2D eigenvalue weighted by atomic mass is 10.3. The Hall–Kier alpha value is -1.27. The van der Waals surface area contributed by atoms with Crippen LogP contribution in [0, 0.1) is 0 Å². The molecule has 106 valence electrons. The highest BCUT2D eigenvalue weighted by Crippen LogP contribution is 2.29. The number of hydrogen-bond donors (Lipinski definition) is 2. The van der Waals surface area contributed by atoms with Crippen molar-refractivity contribution in [1.82, 2.24) is 4.98 Å². The zero-order chi connectivity index (χ0) is 14.5. The third kappa shape index (κ3) is 3.86. The standard InChI is InChI=1S/C14H15Br2N3O/c1-2-7-20-14-11(17)4-6-13(19-14)18-12-5-3-9(15)8-10(12)16/h3-6,8H,2,7,17H2,1H3,(H,18,19). The fourth-order valence-electron chi connectivity index (χ4n) is 1.56. The van der Waals surface area contributed by atoms with E-state index in [2.05, 4.69) is 42.2 Å². The van der Waals surface area contributed by atoms with Crippen molar-refractivity contribution in [2.24, 2.45) is 0 Å². The Kier molecular flexibility index (Phi) is 5.25. The van der Waals surface area contributed by atoms with Crippen molar-refractivity contribution in [3.63, 3.8) is 0 Å². The van der Waals surface area contributed by atoms with Crippen LogP contribution in [0.3, 0.4) is 0 Å². The first-order chi connectivity index (χ1) is 9.60. The lowest BCUT2D eigenvalue weighted by Crippen LogP contribution is -2.03. The van der Waals surface area contributed by atoms with Crippen LogP contribution < -0.4 is 15.8 Å². The highest BCUT2D eigenvalue weighted by atomic mass is 79.9. The molecule has 20 heavy (non-hydrogen) atoms. The third-order valence-corrected chi connectivity index (χ3v) is 3.68. The molecule has 0 aliphatic carbocycles. The lowest BCUT2D eigenvalue weighted by Gasteiger charge is -2.11. The molecule has 0 bridgehead atoms. The maximum absolute atomic E-state index is 5.84. The van der Waals surface area contributed by atoms with Gasteiger partial charge in [-0.3, -0.25) is 0 Å². The summed E-state index contributed by atoms with van der Waals surface area (Å²) >= 11 is 6.92.